The second kappa shape index (κ2) is 12.2. The van der Waals surface area contributed by atoms with Gasteiger partial charge in [-0.25, -0.2) is 4.79 Å². The zero-order valence-corrected chi connectivity index (χ0v) is 18.8. The first-order valence-electron chi connectivity index (χ1n) is 10.4. The number of methoxy groups -OCH3 is 1. The van der Waals surface area contributed by atoms with Crippen LogP contribution in [0.5, 0.6) is 5.75 Å². The van der Waals surface area contributed by atoms with Gasteiger partial charge in [-0.3, -0.25) is 4.79 Å². The zero-order valence-electron chi connectivity index (χ0n) is 18.0. The lowest BCUT2D eigenvalue weighted by molar-refractivity contribution is -0.151. The van der Waals surface area contributed by atoms with Crippen LogP contribution in [0.4, 0.5) is 4.79 Å². The van der Waals surface area contributed by atoms with Gasteiger partial charge in [0.1, 0.15) is 12.4 Å². The van der Waals surface area contributed by atoms with Crippen molar-refractivity contribution in [3.05, 3.63) is 65.7 Å². The number of hydrogen-bond acceptors (Lipinski definition) is 5. The molecule has 1 aliphatic heterocycles. The molecule has 7 heteroatoms. The normalized spacial score (nSPS) is 17.9. The average molecular weight is 448 g/mol. The van der Waals surface area contributed by atoms with Crippen molar-refractivity contribution in [3.8, 4) is 5.75 Å². The number of carbonyl (C=O) groups is 2. The van der Waals surface area contributed by atoms with E-state index in [1.165, 1.54) is 0 Å². The molecule has 2 aromatic carbocycles. The molecule has 0 bridgehead atoms. The topological polar surface area (TPSA) is 65.1 Å². The van der Waals surface area contributed by atoms with E-state index in [9.17, 15) is 9.59 Å². The van der Waals surface area contributed by atoms with Gasteiger partial charge >= 0.3 is 12.1 Å². The summed E-state index contributed by atoms with van der Waals surface area (Å²) in [7, 11) is 1.62. The Morgan fingerprint density at radius 3 is 2.35 bits per heavy atom. The summed E-state index contributed by atoms with van der Waals surface area (Å²) in [6, 6.07) is 17.0. The molecule has 1 saturated heterocycles. The molecule has 0 aliphatic carbocycles. The van der Waals surface area contributed by atoms with Crippen molar-refractivity contribution >= 4 is 24.5 Å². The smallest absolute Gasteiger partial charge is 0.410 e. The van der Waals surface area contributed by atoms with E-state index in [0.29, 0.717) is 26.0 Å². The molecule has 0 saturated carbocycles. The van der Waals surface area contributed by atoms with Crippen LogP contribution in [0.1, 0.15) is 30.9 Å². The minimum atomic E-state index is -0.397. The van der Waals surface area contributed by atoms with Gasteiger partial charge in [-0.2, -0.15) is 0 Å². The quantitative estimate of drug-likeness (QED) is 0.578. The predicted molar refractivity (Wildman–Crippen MR) is 120 cm³/mol. The van der Waals surface area contributed by atoms with Crippen LogP contribution in [0.2, 0.25) is 0 Å². The van der Waals surface area contributed by atoms with Gasteiger partial charge in [0.05, 0.1) is 25.7 Å². The standard InChI is InChI=1S/C24H29NO5.ClH/c1-3-29-23(26)21-10-7-15-25(24(27)30-17-19-8-5-4-6-9-19)22(21)16-18-11-13-20(28-2)14-12-18;/h4-6,8-9,11-14,21-22H,3,7,10,15-17H2,1-2H3;1H. The van der Waals surface area contributed by atoms with Crippen LogP contribution in [0.3, 0.4) is 0 Å². The van der Waals surface area contributed by atoms with E-state index in [4.69, 9.17) is 14.2 Å². The fourth-order valence-electron chi connectivity index (χ4n) is 3.87. The van der Waals surface area contributed by atoms with Gasteiger partial charge < -0.3 is 19.1 Å². The minimum Gasteiger partial charge on any atom is -0.497 e. The van der Waals surface area contributed by atoms with Crippen LogP contribution in [-0.4, -0.2) is 43.3 Å². The Hall–Kier alpha value is -2.73. The molecule has 0 spiro atoms. The molecule has 0 aromatic heterocycles. The Balaban J connectivity index is 0.00000341. The first-order valence-corrected chi connectivity index (χ1v) is 10.4. The molecular formula is C24H30ClNO5. The minimum absolute atomic E-state index is 0. The van der Waals surface area contributed by atoms with Gasteiger partial charge in [0.25, 0.3) is 0 Å². The van der Waals surface area contributed by atoms with E-state index in [2.05, 4.69) is 0 Å². The molecule has 0 radical (unpaired) electrons. The number of carbonyl (C=O) groups excluding carboxylic acids is 2. The van der Waals surface area contributed by atoms with E-state index in [1.807, 2.05) is 54.6 Å². The summed E-state index contributed by atoms with van der Waals surface area (Å²) in [5.74, 6) is 0.144. The lowest BCUT2D eigenvalue weighted by Gasteiger charge is -2.39. The van der Waals surface area contributed by atoms with Crippen LogP contribution in [0.15, 0.2) is 54.6 Å². The highest BCUT2D eigenvalue weighted by molar-refractivity contribution is 5.85. The van der Waals surface area contributed by atoms with Gasteiger partial charge in [-0.05, 0) is 49.4 Å². The number of likely N-dealkylation sites (tertiary alicyclic amines) is 1. The van der Waals surface area contributed by atoms with Crippen LogP contribution < -0.4 is 4.74 Å². The molecule has 6 nitrogen and oxygen atoms in total. The maximum absolute atomic E-state index is 12.9. The number of amides is 1. The van der Waals surface area contributed by atoms with Gasteiger partial charge in [0.2, 0.25) is 0 Å². The monoisotopic (exact) mass is 447 g/mol. The molecular weight excluding hydrogens is 418 g/mol. The molecule has 2 atom stereocenters. The molecule has 1 heterocycles. The first-order chi connectivity index (χ1) is 14.6. The molecule has 0 N–H and O–H groups in total. The number of hydrogen-bond donors (Lipinski definition) is 0. The summed E-state index contributed by atoms with van der Waals surface area (Å²) in [6.07, 6.45) is 1.59. The average Bonchev–Trinajstić information content (AvgIpc) is 2.79. The summed E-state index contributed by atoms with van der Waals surface area (Å²) in [6.45, 7) is 2.88. The maximum Gasteiger partial charge on any atom is 0.410 e. The Morgan fingerprint density at radius 1 is 1.00 bits per heavy atom. The summed E-state index contributed by atoms with van der Waals surface area (Å²) in [5.41, 5.74) is 1.95. The molecule has 168 valence electrons. The lowest BCUT2D eigenvalue weighted by Crippen LogP contribution is -2.52. The number of rotatable bonds is 7. The molecule has 1 fully saturated rings. The lowest BCUT2D eigenvalue weighted by atomic mass is 9.85. The van der Waals surface area contributed by atoms with Gasteiger partial charge in [0, 0.05) is 6.54 Å². The van der Waals surface area contributed by atoms with Crippen molar-refractivity contribution in [2.24, 2.45) is 5.92 Å². The summed E-state index contributed by atoms with van der Waals surface area (Å²) < 4.78 is 16.1. The van der Waals surface area contributed by atoms with Gasteiger partial charge in [0.15, 0.2) is 0 Å². The number of halogens is 1. The van der Waals surface area contributed by atoms with E-state index >= 15 is 0 Å². The number of piperidine rings is 1. The largest absolute Gasteiger partial charge is 0.497 e. The van der Waals surface area contributed by atoms with E-state index < -0.39 is 6.09 Å². The predicted octanol–water partition coefficient (Wildman–Crippen LogP) is 4.64. The Morgan fingerprint density at radius 2 is 1.71 bits per heavy atom. The molecule has 3 rings (SSSR count). The first kappa shape index (κ1) is 24.5. The number of nitrogens with zero attached hydrogens (tertiary/aromatic N) is 1. The maximum atomic E-state index is 12.9. The Labute approximate surface area is 189 Å². The third kappa shape index (κ3) is 6.62. The summed E-state index contributed by atoms with van der Waals surface area (Å²) >= 11 is 0. The van der Waals surface area contributed by atoms with Crippen LogP contribution in [0, 0.1) is 5.92 Å². The summed E-state index contributed by atoms with van der Waals surface area (Å²) in [4.78, 5) is 27.2. The van der Waals surface area contributed by atoms with Crippen molar-refractivity contribution in [2.45, 2.75) is 38.8 Å². The van der Waals surface area contributed by atoms with Gasteiger partial charge in [-0.15, -0.1) is 12.4 Å². The fraction of sp³-hybridized carbons (Fsp3) is 0.417. The van der Waals surface area contributed by atoms with E-state index in [0.717, 1.165) is 23.3 Å². The van der Waals surface area contributed by atoms with Crippen LogP contribution >= 0.6 is 12.4 Å². The Bertz CT molecular complexity index is 828. The molecule has 2 unspecified atom stereocenters. The van der Waals surface area contributed by atoms with Crippen molar-refractivity contribution < 1.29 is 23.8 Å². The van der Waals surface area contributed by atoms with E-state index in [-0.39, 0.29) is 36.9 Å². The number of benzene rings is 2. The van der Waals surface area contributed by atoms with Gasteiger partial charge in [-0.1, -0.05) is 42.5 Å². The van der Waals surface area contributed by atoms with Crippen molar-refractivity contribution in [1.29, 1.82) is 0 Å². The number of ether oxygens (including phenoxy) is 3. The fourth-order valence-corrected chi connectivity index (χ4v) is 3.87. The second-order valence-electron chi connectivity index (χ2n) is 7.35. The summed E-state index contributed by atoms with van der Waals surface area (Å²) in [5, 5.41) is 0. The highest BCUT2D eigenvalue weighted by Gasteiger charge is 2.39. The highest BCUT2D eigenvalue weighted by Crippen LogP contribution is 2.29. The van der Waals surface area contributed by atoms with Crippen LogP contribution in [-0.2, 0) is 27.3 Å². The molecule has 2 aromatic rings. The third-order valence-electron chi connectivity index (χ3n) is 5.41. The third-order valence-corrected chi connectivity index (χ3v) is 5.41. The van der Waals surface area contributed by atoms with Crippen molar-refractivity contribution in [2.75, 3.05) is 20.3 Å². The van der Waals surface area contributed by atoms with Crippen molar-refractivity contribution in [1.82, 2.24) is 4.90 Å². The second-order valence-corrected chi connectivity index (χ2v) is 7.35. The van der Waals surface area contributed by atoms with Crippen LogP contribution in [0.25, 0.3) is 0 Å². The molecule has 1 aliphatic rings. The number of esters is 1. The van der Waals surface area contributed by atoms with Crippen molar-refractivity contribution in [3.63, 3.8) is 0 Å². The highest BCUT2D eigenvalue weighted by atomic mass is 35.5. The molecule has 1 amide bonds. The molecule has 31 heavy (non-hydrogen) atoms. The van der Waals surface area contributed by atoms with E-state index in [1.54, 1.807) is 18.9 Å². The SMILES string of the molecule is CCOC(=O)C1CCCN(C(=O)OCc2ccccc2)C1Cc1ccc(OC)cc1.Cl. The Kier molecular flexibility index (Phi) is 9.66. The zero-order chi connectivity index (χ0) is 21.3.